The first-order valence-corrected chi connectivity index (χ1v) is 5.82. The van der Waals surface area contributed by atoms with E-state index in [-0.39, 0.29) is 5.56 Å². The van der Waals surface area contributed by atoms with Crippen molar-refractivity contribution >= 4 is 28.6 Å². The molecule has 0 atom stereocenters. The van der Waals surface area contributed by atoms with Crippen LogP contribution < -0.4 is 5.32 Å². The second kappa shape index (κ2) is 4.61. The minimum Gasteiger partial charge on any atom is -0.478 e. The van der Waals surface area contributed by atoms with E-state index in [1.807, 2.05) is 0 Å². The number of aromatic nitrogens is 3. The first-order valence-electron chi connectivity index (χ1n) is 5.82. The molecule has 2 N–H and O–H groups in total. The molecule has 7 nitrogen and oxygen atoms in total. The number of carbonyl (C=O) groups is 1. The van der Waals surface area contributed by atoms with Crippen molar-refractivity contribution in [2.75, 3.05) is 5.32 Å². The lowest BCUT2D eigenvalue weighted by Gasteiger charge is -2.06. The number of anilines is 2. The number of carboxylic acid groups (broad SMARTS) is 1. The number of aromatic carboxylic acids is 1. The van der Waals surface area contributed by atoms with E-state index in [0.29, 0.717) is 28.3 Å². The van der Waals surface area contributed by atoms with Gasteiger partial charge in [-0.15, -0.1) is 0 Å². The Hall–Kier alpha value is -2.96. The van der Waals surface area contributed by atoms with Crippen LogP contribution in [0, 0.1) is 6.92 Å². The lowest BCUT2D eigenvalue weighted by atomic mass is 10.2. The summed E-state index contributed by atoms with van der Waals surface area (Å²) in [6, 6.07) is 6.46. The van der Waals surface area contributed by atoms with Crippen LogP contribution in [0.5, 0.6) is 0 Å². The largest absolute Gasteiger partial charge is 0.478 e. The zero-order valence-electron chi connectivity index (χ0n) is 10.5. The van der Waals surface area contributed by atoms with Crippen molar-refractivity contribution < 1.29 is 14.4 Å². The molecule has 7 heteroatoms. The molecule has 2 aromatic heterocycles. The van der Waals surface area contributed by atoms with E-state index in [1.54, 1.807) is 19.1 Å². The molecular weight excluding hydrogens is 260 g/mol. The molecule has 0 spiro atoms. The van der Waals surface area contributed by atoms with Gasteiger partial charge in [0.25, 0.3) is 5.71 Å². The maximum absolute atomic E-state index is 11.0. The van der Waals surface area contributed by atoms with Crippen LogP contribution in [0.15, 0.2) is 35.1 Å². The van der Waals surface area contributed by atoms with E-state index in [1.165, 1.54) is 18.5 Å². The van der Waals surface area contributed by atoms with Crippen molar-refractivity contribution in [3.8, 4) is 0 Å². The number of hydrogen-bond acceptors (Lipinski definition) is 6. The normalized spacial score (nSPS) is 10.7. The summed E-state index contributed by atoms with van der Waals surface area (Å²) in [5, 5.41) is 16.5. The van der Waals surface area contributed by atoms with Crippen LogP contribution in [-0.2, 0) is 0 Å². The third-order valence-electron chi connectivity index (χ3n) is 2.82. The highest BCUT2D eigenvalue weighted by molar-refractivity contribution is 5.91. The number of benzene rings is 1. The van der Waals surface area contributed by atoms with Crippen molar-refractivity contribution in [1.82, 2.24) is 15.1 Å². The molecule has 100 valence electrons. The fourth-order valence-corrected chi connectivity index (χ4v) is 1.88. The standard InChI is InChI=1S/C13H10N4O3/c1-7-10-11(14-6-15-12(10)20-17-7)16-9-4-2-3-8(5-9)13(18)19/h2-6H,1H3,(H,18,19)(H,14,15,16). The Kier molecular flexibility index (Phi) is 2.79. The monoisotopic (exact) mass is 270 g/mol. The summed E-state index contributed by atoms with van der Waals surface area (Å²) in [6.45, 7) is 1.79. The summed E-state index contributed by atoms with van der Waals surface area (Å²) in [4.78, 5) is 19.1. The summed E-state index contributed by atoms with van der Waals surface area (Å²) >= 11 is 0. The predicted octanol–water partition coefficient (Wildman–Crippen LogP) is 2.37. The fourth-order valence-electron chi connectivity index (χ4n) is 1.88. The van der Waals surface area contributed by atoms with Gasteiger partial charge in [0.15, 0.2) is 0 Å². The van der Waals surface area contributed by atoms with E-state index < -0.39 is 5.97 Å². The molecule has 0 saturated carbocycles. The second-order valence-electron chi connectivity index (χ2n) is 4.18. The van der Waals surface area contributed by atoms with Gasteiger partial charge in [-0.3, -0.25) is 0 Å². The van der Waals surface area contributed by atoms with Crippen LogP contribution in [-0.4, -0.2) is 26.2 Å². The van der Waals surface area contributed by atoms with Crippen molar-refractivity contribution in [2.45, 2.75) is 6.92 Å². The topological polar surface area (TPSA) is 101 Å². The molecule has 0 bridgehead atoms. The molecule has 2 heterocycles. The van der Waals surface area contributed by atoms with Crippen LogP contribution >= 0.6 is 0 Å². The van der Waals surface area contributed by atoms with E-state index in [2.05, 4.69) is 20.4 Å². The molecule has 0 aliphatic carbocycles. The number of nitrogens with zero attached hydrogens (tertiary/aromatic N) is 3. The average molecular weight is 270 g/mol. The molecule has 0 fully saturated rings. The summed E-state index contributed by atoms with van der Waals surface area (Å²) in [6.07, 6.45) is 1.36. The van der Waals surface area contributed by atoms with E-state index in [9.17, 15) is 4.79 Å². The Labute approximate surface area is 113 Å². The molecule has 0 aliphatic rings. The molecule has 1 aromatic carbocycles. The zero-order chi connectivity index (χ0) is 14.1. The highest BCUT2D eigenvalue weighted by atomic mass is 16.5. The lowest BCUT2D eigenvalue weighted by molar-refractivity contribution is 0.0697. The van der Waals surface area contributed by atoms with Crippen LogP contribution in [0.3, 0.4) is 0 Å². The van der Waals surface area contributed by atoms with Crippen molar-refractivity contribution in [2.24, 2.45) is 0 Å². The average Bonchev–Trinajstić information content (AvgIpc) is 2.82. The highest BCUT2D eigenvalue weighted by Crippen LogP contribution is 2.25. The number of fused-ring (bicyclic) bond motifs is 1. The Bertz CT molecular complexity index is 797. The Morgan fingerprint density at radius 2 is 2.20 bits per heavy atom. The van der Waals surface area contributed by atoms with Gasteiger partial charge in [0.05, 0.1) is 11.3 Å². The maximum atomic E-state index is 11.0. The smallest absolute Gasteiger partial charge is 0.335 e. The third-order valence-corrected chi connectivity index (χ3v) is 2.82. The number of hydrogen-bond donors (Lipinski definition) is 2. The summed E-state index contributed by atoms with van der Waals surface area (Å²) in [5.41, 5.74) is 1.86. The van der Waals surface area contributed by atoms with Gasteiger partial charge in [0.1, 0.15) is 17.5 Å². The van der Waals surface area contributed by atoms with Gasteiger partial charge >= 0.3 is 5.97 Å². The van der Waals surface area contributed by atoms with Crippen molar-refractivity contribution in [1.29, 1.82) is 0 Å². The molecule has 3 rings (SSSR count). The molecule has 20 heavy (non-hydrogen) atoms. The van der Waals surface area contributed by atoms with Crippen molar-refractivity contribution in [3.63, 3.8) is 0 Å². The van der Waals surface area contributed by atoms with E-state index >= 15 is 0 Å². The van der Waals surface area contributed by atoms with Gasteiger partial charge in [-0.1, -0.05) is 11.2 Å². The highest BCUT2D eigenvalue weighted by Gasteiger charge is 2.12. The summed E-state index contributed by atoms with van der Waals surface area (Å²) in [5.74, 6) is -0.459. The van der Waals surface area contributed by atoms with Gasteiger partial charge in [0.2, 0.25) is 0 Å². The van der Waals surface area contributed by atoms with E-state index in [4.69, 9.17) is 9.63 Å². The molecule has 0 unspecified atom stereocenters. The number of rotatable bonds is 3. The molecule has 0 radical (unpaired) electrons. The molecule has 0 aliphatic heterocycles. The first kappa shape index (κ1) is 12.1. The van der Waals surface area contributed by atoms with Crippen molar-refractivity contribution in [3.05, 3.63) is 41.9 Å². The predicted molar refractivity (Wildman–Crippen MR) is 71.0 cm³/mol. The van der Waals surface area contributed by atoms with Gasteiger partial charge in [-0.05, 0) is 25.1 Å². The van der Waals surface area contributed by atoms with Gasteiger partial charge in [0, 0.05) is 5.69 Å². The third kappa shape index (κ3) is 2.05. The lowest BCUT2D eigenvalue weighted by Crippen LogP contribution is -1.99. The summed E-state index contributed by atoms with van der Waals surface area (Å²) in [7, 11) is 0. The van der Waals surface area contributed by atoms with Crippen LogP contribution in [0.4, 0.5) is 11.5 Å². The molecule has 0 saturated heterocycles. The van der Waals surface area contributed by atoms with Crippen LogP contribution in [0.25, 0.3) is 11.1 Å². The second-order valence-corrected chi connectivity index (χ2v) is 4.18. The van der Waals surface area contributed by atoms with Gasteiger partial charge in [-0.25, -0.2) is 9.78 Å². The number of nitrogens with one attached hydrogen (secondary N) is 1. The van der Waals surface area contributed by atoms with E-state index in [0.717, 1.165) is 0 Å². The molecule has 0 amide bonds. The quantitative estimate of drug-likeness (QED) is 0.753. The van der Waals surface area contributed by atoms with Crippen LogP contribution in [0.1, 0.15) is 16.1 Å². The number of carboxylic acids is 1. The SMILES string of the molecule is Cc1noc2ncnc(Nc3cccc(C(=O)O)c3)c12. The Morgan fingerprint density at radius 1 is 1.35 bits per heavy atom. The van der Waals surface area contributed by atoms with Gasteiger partial charge < -0.3 is 14.9 Å². The van der Waals surface area contributed by atoms with Crippen LogP contribution in [0.2, 0.25) is 0 Å². The molecular formula is C13H10N4O3. The maximum Gasteiger partial charge on any atom is 0.335 e. The first-order chi connectivity index (χ1) is 9.65. The fraction of sp³-hybridized carbons (Fsp3) is 0.0769. The minimum absolute atomic E-state index is 0.197. The Balaban J connectivity index is 2.03. The Morgan fingerprint density at radius 3 is 3.00 bits per heavy atom. The summed E-state index contributed by atoms with van der Waals surface area (Å²) < 4.78 is 5.05. The zero-order valence-corrected chi connectivity index (χ0v) is 10.5. The number of aryl methyl sites for hydroxylation is 1. The molecule has 3 aromatic rings. The van der Waals surface area contributed by atoms with Gasteiger partial charge in [-0.2, -0.15) is 4.98 Å². The minimum atomic E-state index is -0.984.